The largest absolute Gasteiger partial charge is 0.391 e. The molecule has 0 saturated carbocycles. The van der Waals surface area contributed by atoms with E-state index in [1.165, 1.54) is 4.90 Å². The van der Waals surface area contributed by atoms with Crippen molar-refractivity contribution in [3.63, 3.8) is 0 Å². The molecule has 0 radical (unpaired) electrons. The predicted octanol–water partition coefficient (Wildman–Crippen LogP) is -0.123. The normalized spacial score (nSPS) is 28.2. The summed E-state index contributed by atoms with van der Waals surface area (Å²) in [5.41, 5.74) is 1.76. The average Bonchev–Trinajstić information content (AvgIpc) is 3.07. The first kappa shape index (κ1) is 17.0. The third kappa shape index (κ3) is 2.67. The number of hydrogen-bond acceptors (Lipinski definition) is 4. The molecule has 3 fully saturated rings. The molecule has 1 aromatic rings. The Balaban J connectivity index is 1.52. The van der Waals surface area contributed by atoms with Crippen molar-refractivity contribution in [3.05, 3.63) is 35.4 Å². The van der Waals surface area contributed by atoms with Crippen LogP contribution >= 0.6 is 0 Å². The zero-order chi connectivity index (χ0) is 18.4. The Labute approximate surface area is 152 Å². The Morgan fingerprint density at radius 3 is 2.42 bits per heavy atom. The number of aryl methyl sites for hydroxylation is 1. The zero-order valence-electron chi connectivity index (χ0n) is 14.8. The summed E-state index contributed by atoms with van der Waals surface area (Å²) in [5, 5.41) is 9.83. The fourth-order valence-corrected chi connectivity index (χ4v) is 4.18. The summed E-state index contributed by atoms with van der Waals surface area (Å²) in [6.45, 7) is 3.24. The van der Waals surface area contributed by atoms with Gasteiger partial charge in [-0.1, -0.05) is 19.1 Å². The topological polar surface area (TPSA) is 81.2 Å². The third-order valence-corrected chi connectivity index (χ3v) is 5.69. The molecule has 0 aliphatic carbocycles. The molecular formula is C19H23N3O4. The van der Waals surface area contributed by atoms with Gasteiger partial charge < -0.3 is 19.8 Å². The number of aliphatic hydroxyl groups excluding tert-OH is 1. The van der Waals surface area contributed by atoms with Crippen LogP contribution in [0.25, 0.3) is 0 Å². The third-order valence-electron chi connectivity index (χ3n) is 5.69. The van der Waals surface area contributed by atoms with Crippen LogP contribution < -0.4 is 0 Å². The van der Waals surface area contributed by atoms with Gasteiger partial charge in [-0.25, -0.2) is 0 Å². The van der Waals surface area contributed by atoms with Gasteiger partial charge in [0.25, 0.3) is 5.91 Å². The van der Waals surface area contributed by atoms with Gasteiger partial charge in [-0.15, -0.1) is 0 Å². The average molecular weight is 357 g/mol. The molecule has 3 heterocycles. The Bertz CT molecular complexity index is 748. The lowest BCUT2D eigenvalue weighted by Gasteiger charge is -2.47. The number of carbonyl (C=O) groups excluding carboxylic acids is 3. The van der Waals surface area contributed by atoms with E-state index in [9.17, 15) is 19.5 Å². The van der Waals surface area contributed by atoms with Gasteiger partial charge in [-0.2, -0.15) is 0 Å². The van der Waals surface area contributed by atoms with Gasteiger partial charge in [-0.05, 0) is 24.1 Å². The second-order valence-corrected chi connectivity index (χ2v) is 7.24. The fraction of sp³-hybridized carbons (Fsp3) is 0.526. The quantitative estimate of drug-likeness (QED) is 0.800. The molecule has 7 nitrogen and oxygen atoms in total. The number of benzene rings is 1. The number of aliphatic hydroxyl groups is 1. The van der Waals surface area contributed by atoms with Crippen molar-refractivity contribution in [2.75, 3.05) is 26.2 Å². The van der Waals surface area contributed by atoms with Gasteiger partial charge in [0, 0.05) is 31.6 Å². The highest BCUT2D eigenvalue weighted by atomic mass is 16.3. The molecule has 4 rings (SSSR count). The van der Waals surface area contributed by atoms with Crippen molar-refractivity contribution in [2.45, 2.75) is 38.0 Å². The van der Waals surface area contributed by atoms with E-state index in [0.29, 0.717) is 25.1 Å². The first-order chi connectivity index (χ1) is 12.5. The summed E-state index contributed by atoms with van der Waals surface area (Å²) < 4.78 is 0. The van der Waals surface area contributed by atoms with Gasteiger partial charge in [0.2, 0.25) is 11.8 Å². The molecule has 0 unspecified atom stereocenters. The molecule has 26 heavy (non-hydrogen) atoms. The van der Waals surface area contributed by atoms with Crippen LogP contribution in [0, 0.1) is 0 Å². The molecular weight excluding hydrogens is 334 g/mol. The van der Waals surface area contributed by atoms with E-state index in [0.717, 1.165) is 12.0 Å². The van der Waals surface area contributed by atoms with Gasteiger partial charge in [0.05, 0.1) is 12.6 Å². The Kier molecular flexibility index (Phi) is 4.19. The second-order valence-electron chi connectivity index (χ2n) is 7.24. The van der Waals surface area contributed by atoms with E-state index in [-0.39, 0.29) is 30.8 Å². The van der Waals surface area contributed by atoms with Crippen LogP contribution in [-0.4, -0.2) is 81.9 Å². The molecule has 3 aliphatic heterocycles. The molecule has 3 saturated heterocycles. The highest BCUT2D eigenvalue weighted by molar-refractivity contribution is 5.99. The highest BCUT2D eigenvalue weighted by Gasteiger charge is 2.51. The lowest BCUT2D eigenvalue weighted by Crippen LogP contribution is -2.69. The Morgan fingerprint density at radius 1 is 1.04 bits per heavy atom. The van der Waals surface area contributed by atoms with Crippen LogP contribution in [0.5, 0.6) is 0 Å². The summed E-state index contributed by atoms with van der Waals surface area (Å²) in [4.78, 5) is 43.0. The molecule has 3 atom stereocenters. The van der Waals surface area contributed by atoms with Crippen LogP contribution in [0.15, 0.2) is 24.3 Å². The van der Waals surface area contributed by atoms with Crippen molar-refractivity contribution in [1.29, 1.82) is 0 Å². The minimum Gasteiger partial charge on any atom is -0.391 e. The number of piperazine rings is 2. The first-order valence-corrected chi connectivity index (χ1v) is 9.17. The van der Waals surface area contributed by atoms with E-state index in [2.05, 4.69) is 6.92 Å². The van der Waals surface area contributed by atoms with E-state index in [1.807, 2.05) is 24.3 Å². The molecule has 7 heteroatoms. The van der Waals surface area contributed by atoms with E-state index < -0.39 is 18.2 Å². The summed E-state index contributed by atoms with van der Waals surface area (Å²) in [5.74, 6) is -0.383. The minimum atomic E-state index is -0.649. The zero-order valence-corrected chi connectivity index (χ0v) is 14.8. The van der Waals surface area contributed by atoms with Gasteiger partial charge >= 0.3 is 0 Å². The predicted molar refractivity (Wildman–Crippen MR) is 93.3 cm³/mol. The molecule has 1 N–H and O–H groups in total. The second kappa shape index (κ2) is 6.39. The molecule has 3 aliphatic rings. The molecule has 1 aromatic carbocycles. The Hall–Kier alpha value is -2.41. The van der Waals surface area contributed by atoms with Gasteiger partial charge in [0.15, 0.2) is 0 Å². The van der Waals surface area contributed by atoms with Crippen LogP contribution in [-0.2, 0) is 16.0 Å². The summed E-state index contributed by atoms with van der Waals surface area (Å²) in [6, 6.07) is 6.32. The smallest absolute Gasteiger partial charge is 0.253 e. The van der Waals surface area contributed by atoms with Gasteiger partial charge in [0.1, 0.15) is 12.1 Å². The SMILES string of the molecule is CCc1ccc(C(=O)N2CCN3C(=O)[C@@H]4C[C@@H](O)CN4C(=O)[C@H]3C2)cc1. The van der Waals surface area contributed by atoms with Crippen LogP contribution in [0.3, 0.4) is 0 Å². The number of amides is 3. The summed E-state index contributed by atoms with van der Waals surface area (Å²) in [6.07, 6.45) is 0.568. The van der Waals surface area contributed by atoms with E-state index >= 15 is 0 Å². The van der Waals surface area contributed by atoms with Crippen molar-refractivity contribution in [3.8, 4) is 0 Å². The molecule has 0 aromatic heterocycles. The summed E-state index contributed by atoms with van der Waals surface area (Å²) in [7, 11) is 0. The molecule has 0 spiro atoms. The highest BCUT2D eigenvalue weighted by Crippen LogP contribution is 2.29. The Morgan fingerprint density at radius 2 is 1.73 bits per heavy atom. The van der Waals surface area contributed by atoms with E-state index in [4.69, 9.17) is 0 Å². The molecule has 138 valence electrons. The monoisotopic (exact) mass is 357 g/mol. The standard InChI is InChI=1S/C19H23N3O4/c1-2-12-3-5-13(6-4-12)17(24)20-7-8-21-16(11-20)19(26)22-10-14(23)9-15(22)18(21)25/h3-6,14-16,23H,2,7-11H2,1H3/t14-,15+,16-/m1/s1. The number of hydrogen-bond donors (Lipinski definition) is 1. The maximum absolute atomic E-state index is 12.8. The minimum absolute atomic E-state index is 0.106. The van der Waals surface area contributed by atoms with Crippen molar-refractivity contribution in [2.24, 2.45) is 0 Å². The fourth-order valence-electron chi connectivity index (χ4n) is 4.18. The molecule has 3 amide bonds. The first-order valence-electron chi connectivity index (χ1n) is 9.17. The molecule has 0 bridgehead atoms. The van der Waals surface area contributed by atoms with E-state index in [1.54, 1.807) is 9.80 Å². The maximum Gasteiger partial charge on any atom is 0.253 e. The maximum atomic E-state index is 12.8. The number of rotatable bonds is 2. The lowest BCUT2D eigenvalue weighted by atomic mass is 10.0. The van der Waals surface area contributed by atoms with Crippen LogP contribution in [0.2, 0.25) is 0 Å². The number of carbonyl (C=O) groups is 3. The van der Waals surface area contributed by atoms with Crippen molar-refractivity contribution >= 4 is 17.7 Å². The van der Waals surface area contributed by atoms with Gasteiger partial charge in [-0.3, -0.25) is 14.4 Å². The number of nitrogens with zero attached hydrogens (tertiary/aromatic N) is 3. The van der Waals surface area contributed by atoms with Crippen LogP contribution in [0.1, 0.15) is 29.3 Å². The number of fused-ring (bicyclic) bond motifs is 2. The van der Waals surface area contributed by atoms with Crippen molar-refractivity contribution < 1.29 is 19.5 Å². The van der Waals surface area contributed by atoms with Crippen molar-refractivity contribution in [1.82, 2.24) is 14.7 Å². The summed E-state index contributed by atoms with van der Waals surface area (Å²) >= 11 is 0. The lowest BCUT2D eigenvalue weighted by molar-refractivity contribution is -0.162. The van der Waals surface area contributed by atoms with Crippen LogP contribution in [0.4, 0.5) is 0 Å².